The Balaban J connectivity index is 1.23. The van der Waals surface area contributed by atoms with Crippen molar-refractivity contribution >= 4 is 17.4 Å². The van der Waals surface area contributed by atoms with E-state index in [0.29, 0.717) is 6.42 Å². The Morgan fingerprint density at radius 2 is 1.28 bits per heavy atom. The van der Waals surface area contributed by atoms with Crippen LogP contribution in [0.3, 0.4) is 0 Å². The summed E-state index contributed by atoms with van der Waals surface area (Å²) in [5, 5.41) is 0. The molecule has 1 heteroatoms. The van der Waals surface area contributed by atoms with Gasteiger partial charge in [-0.1, -0.05) is 109 Å². The normalized spacial score (nSPS) is 12.3. The van der Waals surface area contributed by atoms with Gasteiger partial charge in [-0.15, -0.1) is 0 Å². The number of fused-ring (bicyclic) bond motifs is 1. The lowest BCUT2D eigenvalue weighted by Gasteiger charge is -2.06. The molecule has 156 valence electrons. The third-order valence-corrected chi connectivity index (χ3v) is 6.25. The van der Waals surface area contributed by atoms with Crippen LogP contribution >= 0.6 is 0 Å². The van der Waals surface area contributed by atoms with Crippen LogP contribution in [0.1, 0.15) is 43.7 Å². The Bertz CT molecular complexity index is 1250. The molecular formula is C31H26O. The molecule has 1 aliphatic rings. The van der Waals surface area contributed by atoms with Crippen molar-refractivity contribution in [3.05, 3.63) is 142 Å². The number of aryl methyl sites for hydroxylation is 2. The summed E-state index contributed by atoms with van der Waals surface area (Å²) in [7, 11) is 0. The molecule has 0 unspecified atom stereocenters. The number of carbonyl (C=O) groups is 1. The Kier molecular flexibility index (Phi) is 5.81. The van der Waals surface area contributed by atoms with Crippen LogP contribution in [0.15, 0.2) is 103 Å². The second-order valence-electron chi connectivity index (χ2n) is 8.53. The topological polar surface area (TPSA) is 17.1 Å². The second-order valence-corrected chi connectivity index (χ2v) is 8.53. The first-order valence-corrected chi connectivity index (χ1v) is 11.3. The van der Waals surface area contributed by atoms with Crippen LogP contribution in [0, 0.1) is 0 Å². The van der Waals surface area contributed by atoms with E-state index in [1.807, 2.05) is 24.3 Å². The fourth-order valence-electron chi connectivity index (χ4n) is 4.41. The smallest absolute Gasteiger partial charge is 0.167 e. The molecule has 0 spiro atoms. The summed E-state index contributed by atoms with van der Waals surface area (Å²) in [6.07, 6.45) is 5.66. The van der Waals surface area contributed by atoms with Gasteiger partial charge in [-0.25, -0.2) is 0 Å². The van der Waals surface area contributed by atoms with Gasteiger partial charge >= 0.3 is 0 Å². The second kappa shape index (κ2) is 9.20. The molecule has 0 fully saturated rings. The van der Waals surface area contributed by atoms with E-state index in [0.717, 1.165) is 30.4 Å². The Hall–Kier alpha value is -3.71. The minimum absolute atomic E-state index is 0.171. The number of Topliss-reactive ketones (excluding diaryl/α,β-unsaturated/α-hetero) is 1. The van der Waals surface area contributed by atoms with Gasteiger partial charge in [-0.2, -0.15) is 0 Å². The molecule has 1 nitrogen and oxygen atoms in total. The van der Waals surface area contributed by atoms with E-state index >= 15 is 0 Å². The molecular weight excluding hydrogens is 388 g/mol. The van der Waals surface area contributed by atoms with E-state index in [1.165, 1.54) is 33.4 Å². The fourth-order valence-corrected chi connectivity index (χ4v) is 4.41. The average molecular weight is 415 g/mol. The van der Waals surface area contributed by atoms with Crippen LogP contribution in [-0.2, 0) is 25.7 Å². The van der Waals surface area contributed by atoms with Gasteiger partial charge < -0.3 is 0 Å². The molecule has 0 saturated carbocycles. The van der Waals surface area contributed by atoms with Crippen molar-refractivity contribution in [1.29, 1.82) is 0 Å². The molecule has 0 amide bonds. The molecule has 0 saturated heterocycles. The highest BCUT2D eigenvalue weighted by atomic mass is 16.1. The number of benzene rings is 4. The van der Waals surface area contributed by atoms with Crippen molar-refractivity contribution in [1.82, 2.24) is 0 Å². The lowest BCUT2D eigenvalue weighted by Crippen LogP contribution is -2.04. The molecule has 32 heavy (non-hydrogen) atoms. The van der Waals surface area contributed by atoms with Crippen LogP contribution < -0.4 is 0 Å². The predicted molar refractivity (Wildman–Crippen MR) is 133 cm³/mol. The molecule has 0 heterocycles. The molecule has 5 rings (SSSR count). The third-order valence-electron chi connectivity index (χ3n) is 6.25. The lowest BCUT2D eigenvalue weighted by molar-refractivity contribution is 0.0993. The number of carbonyl (C=O) groups excluding carboxylic acids is 1. The maximum atomic E-state index is 12.9. The predicted octanol–water partition coefficient (Wildman–Crippen LogP) is 6.99. The Morgan fingerprint density at radius 1 is 0.656 bits per heavy atom. The molecule has 0 aliphatic heterocycles. The van der Waals surface area contributed by atoms with E-state index < -0.39 is 0 Å². The zero-order valence-corrected chi connectivity index (χ0v) is 18.1. The van der Waals surface area contributed by atoms with Gasteiger partial charge in [-0.05, 0) is 58.2 Å². The van der Waals surface area contributed by atoms with Gasteiger partial charge in [0.2, 0.25) is 0 Å². The van der Waals surface area contributed by atoms with E-state index in [-0.39, 0.29) is 5.78 Å². The number of rotatable bonds is 7. The van der Waals surface area contributed by atoms with E-state index in [1.54, 1.807) is 0 Å². The molecule has 0 aromatic heterocycles. The molecule has 4 aromatic carbocycles. The van der Waals surface area contributed by atoms with E-state index in [9.17, 15) is 4.79 Å². The summed E-state index contributed by atoms with van der Waals surface area (Å²) in [4.78, 5) is 12.9. The minimum Gasteiger partial charge on any atom is -0.294 e. The fraction of sp³-hybridized carbons (Fsp3) is 0.129. The van der Waals surface area contributed by atoms with Gasteiger partial charge in [0.15, 0.2) is 5.78 Å². The summed E-state index contributed by atoms with van der Waals surface area (Å²) in [5.74, 6) is 0.171. The minimum atomic E-state index is 0.171. The maximum Gasteiger partial charge on any atom is 0.167 e. The van der Waals surface area contributed by atoms with Gasteiger partial charge in [0.05, 0.1) is 0 Å². The van der Waals surface area contributed by atoms with Crippen molar-refractivity contribution in [3.63, 3.8) is 0 Å². The summed E-state index contributed by atoms with van der Waals surface area (Å²) < 4.78 is 0. The zero-order chi connectivity index (χ0) is 21.8. The number of ketones is 1. The monoisotopic (exact) mass is 414 g/mol. The third kappa shape index (κ3) is 4.63. The highest BCUT2D eigenvalue weighted by Gasteiger charge is 2.15. The van der Waals surface area contributed by atoms with Gasteiger partial charge in [0.25, 0.3) is 0 Å². The number of allylic oxidation sites excluding steroid dienone is 1. The van der Waals surface area contributed by atoms with Crippen molar-refractivity contribution < 1.29 is 4.79 Å². The van der Waals surface area contributed by atoms with Gasteiger partial charge in [-0.3, -0.25) is 4.79 Å². The molecule has 1 aliphatic carbocycles. The largest absolute Gasteiger partial charge is 0.294 e. The lowest BCUT2D eigenvalue weighted by atomic mass is 9.97. The average Bonchev–Trinajstić information content (AvgIpc) is 3.28. The summed E-state index contributed by atoms with van der Waals surface area (Å²) in [6.45, 7) is 0. The molecule has 4 aromatic rings. The van der Waals surface area contributed by atoms with Gasteiger partial charge in [0, 0.05) is 12.0 Å². The van der Waals surface area contributed by atoms with E-state index in [2.05, 4.69) is 84.9 Å². The van der Waals surface area contributed by atoms with Gasteiger partial charge in [0.1, 0.15) is 0 Å². The first-order chi connectivity index (χ1) is 15.7. The number of hydrogen-bond donors (Lipinski definition) is 0. The van der Waals surface area contributed by atoms with Crippen molar-refractivity contribution in [2.24, 2.45) is 0 Å². The summed E-state index contributed by atoms with van der Waals surface area (Å²) in [5.41, 5.74) is 9.66. The first-order valence-electron chi connectivity index (χ1n) is 11.3. The highest BCUT2D eigenvalue weighted by molar-refractivity contribution is 5.98. The quantitative estimate of drug-likeness (QED) is 0.298. The van der Waals surface area contributed by atoms with Crippen LogP contribution in [-0.4, -0.2) is 5.78 Å². The highest BCUT2D eigenvalue weighted by Crippen LogP contribution is 2.32. The molecule has 0 N–H and O–H groups in total. The van der Waals surface area contributed by atoms with Crippen molar-refractivity contribution in [3.8, 4) is 0 Å². The van der Waals surface area contributed by atoms with Crippen LogP contribution in [0.2, 0.25) is 0 Å². The summed E-state index contributed by atoms with van der Waals surface area (Å²) >= 11 is 0. The Morgan fingerprint density at radius 3 is 2.00 bits per heavy atom. The standard InChI is InChI=1S/C31H26O/c32-31(27-16-13-24(14-17-27)12-11-23-7-3-1-4-8-23)20-25-15-18-28-21-30(22-29(28)19-25)26-9-5-2-6-10-26/h1-10,13-19,22H,11-12,20-21H2. The zero-order valence-electron chi connectivity index (χ0n) is 18.1. The number of hydrogen-bond acceptors (Lipinski definition) is 1. The van der Waals surface area contributed by atoms with Crippen LogP contribution in [0.4, 0.5) is 0 Å². The molecule has 0 radical (unpaired) electrons. The molecule has 0 bridgehead atoms. The maximum absolute atomic E-state index is 12.9. The molecule has 0 atom stereocenters. The van der Waals surface area contributed by atoms with Crippen LogP contribution in [0.25, 0.3) is 11.6 Å². The van der Waals surface area contributed by atoms with E-state index in [4.69, 9.17) is 0 Å². The van der Waals surface area contributed by atoms with Crippen molar-refractivity contribution in [2.75, 3.05) is 0 Å². The van der Waals surface area contributed by atoms with Crippen molar-refractivity contribution in [2.45, 2.75) is 25.7 Å². The summed E-state index contributed by atoms with van der Waals surface area (Å²) in [6, 6.07) is 35.6. The SMILES string of the molecule is O=C(Cc1ccc2c(c1)C=C(c1ccccc1)C2)c1ccc(CCc2ccccc2)cc1. The van der Waals surface area contributed by atoms with Crippen LogP contribution in [0.5, 0.6) is 0 Å². The Labute approximate surface area is 190 Å². The first kappa shape index (κ1) is 20.2.